The number of imidazole rings is 1. The number of anilines is 1. The third-order valence-corrected chi connectivity index (χ3v) is 3.13. The minimum absolute atomic E-state index is 0.322. The number of unbranched alkanes of at least 4 members (excludes halogenated alkanes) is 2. The first-order chi connectivity index (χ1) is 10.8. The largest absolute Gasteiger partial charge is 0.382 e. The fourth-order valence-electron chi connectivity index (χ4n) is 2.01. The monoisotopic (exact) mass is 292 g/mol. The Balaban J connectivity index is 1.98. The molecule has 3 aromatic heterocycles. The van der Waals surface area contributed by atoms with E-state index in [0.717, 1.165) is 25.0 Å². The molecule has 0 fully saturated rings. The van der Waals surface area contributed by atoms with E-state index in [2.05, 4.69) is 43.7 Å². The summed E-state index contributed by atoms with van der Waals surface area (Å²) in [6, 6.07) is 5.62. The molecule has 3 N–H and O–H groups in total. The zero-order chi connectivity index (χ0) is 15.4. The average Bonchev–Trinajstić information content (AvgIpc) is 2.97. The van der Waals surface area contributed by atoms with E-state index >= 15 is 0 Å². The highest BCUT2D eigenvalue weighted by molar-refractivity contribution is 5.84. The highest BCUT2D eigenvalue weighted by atomic mass is 15.1. The van der Waals surface area contributed by atoms with Gasteiger partial charge in [0.15, 0.2) is 22.8 Å². The van der Waals surface area contributed by atoms with Gasteiger partial charge >= 0.3 is 0 Å². The van der Waals surface area contributed by atoms with Gasteiger partial charge in [0.25, 0.3) is 0 Å². The summed E-state index contributed by atoms with van der Waals surface area (Å²) in [5.74, 6) is 7.36. The zero-order valence-electron chi connectivity index (χ0n) is 12.3. The van der Waals surface area contributed by atoms with Crippen molar-refractivity contribution in [2.75, 3.05) is 5.73 Å². The Morgan fingerprint density at radius 2 is 2.14 bits per heavy atom. The van der Waals surface area contributed by atoms with Crippen molar-refractivity contribution >= 4 is 17.0 Å². The number of aromatic nitrogens is 5. The minimum Gasteiger partial charge on any atom is -0.382 e. The van der Waals surface area contributed by atoms with Crippen molar-refractivity contribution in [1.29, 1.82) is 0 Å². The lowest BCUT2D eigenvalue weighted by Gasteiger charge is -1.94. The Hall–Kier alpha value is -2.94. The fourth-order valence-corrected chi connectivity index (χ4v) is 2.01. The first kappa shape index (κ1) is 14.0. The Morgan fingerprint density at radius 3 is 2.91 bits per heavy atom. The molecule has 0 atom stereocenters. The van der Waals surface area contributed by atoms with Crippen LogP contribution >= 0.6 is 0 Å². The predicted octanol–water partition coefficient (Wildman–Crippen LogP) is 2.54. The van der Waals surface area contributed by atoms with Gasteiger partial charge in [0.2, 0.25) is 5.82 Å². The zero-order valence-corrected chi connectivity index (χ0v) is 12.3. The van der Waals surface area contributed by atoms with E-state index in [1.54, 1.807) is 6.20 Å². The first-order valence-electron chi connectivity index (χ1n) is 7.21. The number of aromatic amines is 1. The molecule has 0 aliphatic rings. The van der Waals surface area contributed by atoms with Crippen LogP contribution in [0, 0.1) is 11.8 Å². The Kier molecular flexibility index (Phi) is 3.97. The second kappa shape index (κ2) is 6.22. The molecule has 0 bridgehead atoms. The third kappa shape index (κ3) is 2.88. The van der Waals surface area contributed by atoms with Gasteiger partial charge in [-0.3, -0.25) is 4.98 Å². The SMILES string of the molecule is CCCCC#Cc1nc(N)c2nc(-c3ccccn3)[nH]c2n1. The van der Waals surface area contributed by atoms with Crippen molar-refractivity contribution in [2.24, 2.45) is 0 Å². The number of nitrogens with two attached hydrogens (primary N) is 1. The average molecular weight is 292 g/mol. The van der Waals surface area contributed by atoms with Crippen molar-refractivity contribution in [1.82, 2.24) is 24.9 Å². The number of H-pyrrole nitrogens is 1. The van der Waals surface area contributed by atoms with E-state index < -0.39 is 0 Å². The van der Waals surface area contributed by atoms with E-state index in [4.69, 9.17) is 5.73 Å². The molecule has 110 valence electrons. The molecule has 0 spiro atoms. The normalized spacial score (nSPS) is 10.4. The van der Waals surface area contributed by atoms with Gasteiger partial charge in [-0.25, -0.2) is 15.0 Å². The minimum atomic E-state index is 0.322. The van der Waals surface area contributed by atoms with Crippen molar-refractivity contribution < 1.29 is 0 Å². The lowest BCUT2D eigenvalue weighted by molar-refractivity contribution is 0.828. The molecular weight excluding hydrogens is 276 g/mol. The van der Waals surface area contributed by atoms with Crippen LogP contribution in [0.15, 0.2) is 24.4 Å². The first-order valence-corrected chi connectivity index (χ1v) is 7.21. The molecule has 0 aromatic carbocycles. The summed E-state index contributed by atoms with van der Waals surface area (Å²) in [6.45, 7) is 2.13. The summed E-state index contributed by atoms with van der Waals surface area (Å²) in [7, 11) is 0. The van der Waals surface area contributed by atoms with Crippen LogP contribution < -0.4 is 5.73 Å². The van der Waals surface area contributed by atoms with Crippen LogP contribution in [0.1, 0.15) is 32.0 Å². The van der Waals surface area contributed by atoms with Crippen LogP contribution in [0.25, 0.3) is 22.7 Å². The summed E-state index contributed by atoms with van der Waals surface area (Å²) in [4.78, 5) is 20.4. The molecule has 6 nitrogen and oxygen atoms in total. The maximum Gasteiger partial charge on any atom is 0.208 e. The molecule has 0 radical (unpaired) electrons. The van der Waals surface area contributed by atoms with Gasteiger partial charge in [-0.05, 0) is 24.5 Å². The second-order valence-corrected chi connectivity index (χ2v) is 4.84. The standard InChI is InChI=1S/C16H16N6/c1-2-3-4-5-9-12-19-14(17)13-16(20-12)22-15(21-13)11-8-6-7-10-18-11/h6-8,10H,2-4H2,1H3,(H3,17,19,20,21,22). The summed E-state index contributed by atoms with van der Waals surface area (Å²) in [5, 5.41) is 0. The fraction of sp³-hybridized carbons (Fsp3) is 0.250. The van der Waals surface area contributed by atoms with Gasteiger partial charge in [0, 0.05) is 12.6 Å². The lowest BCUT2D eigenvalue weighted by atomic mass is 10.2. The molecule has 3 rings (SSSR count). The van der Waals surface area contributed by atoms with Crippen LogP contribution in [-0.2, 0) is 0 Å². The number of fused-ring (bicyclic) bond motifs is 1. The van der Waals surface area contributed by atoms with Gasteiger partial charge in [-0.2, -0.15) is 0 Å². The molecule has 3 aromatic rings. The topological polar surface area (TPSA) is 93.4 Å². The summed E-state index contributed by atoms with van der Waals surface area (Å²) in [5.41, 5.74) is 7.81. The Labute approximate surface area is 128 Å². The van der Waals surface area contributed by atoms with Gasteiger partial charge in [-0.15, -0.1) is 0 Å². The number of hydrogen-bond acceptors (Lipinski definition) is 5. The molecule has 0 unspecified atom stereocenters. The van der Waals surface area contributed by atoms with Crippen molar-refractivity contribution in [2.45, 2.75) is 26.2 Å². The quantitative estimate of drug-likeness (QED) is 0.571. The smallest absolute Gasteiger partial charge is 0.208 e. The van der Waals surface area contributed by atoms with Gasteiger partial charge in [-0.1, -0.05) is 25.3 Å². The van der Waals surface area contributed by atoms with Gasteiger partial charge in [0.1, 0.15) is 5.69 Å². The summed E-state index contributed by atoms with van der Waals surface area (Å²) < 4.78 is 0. The number of rotatable bonds is 3. The molecule has 6 heteroatoms. The number of hydrogen-bond donors (Lipinski definition) is 2. The van der Waals surface area contributed by atoms with Crippen molar-refractivity contribution in [3.05, 3.63) is 30.2 Å². The van der Waals surface area contributed by atoms with E-state index in [-0.39, 0.29) is 0 Å². The second-order valence-electron chi connectivity index (χ2n) is 4.84. The Morgan fingerprint density at radius 1 is 1.23 bits per heavy atom. The van der Waals surface area contributed by atoms with Crippen LogP contribution in [0.2, 0.25) is 0 Å². The number of pyridine rings is 1. The molecule has 22 heavy (non-hydrogen) atoms. The highest BCUT2D eigenvalue weighted by Crippen LogP contribution is 2.20. The van der Waals surface area contributed by atoms with Crippen LogP contribution in [0.4, 0.5) is 5.82 Å². The van der Waals surface area contributed by atoms with Crippen molar-refractivity contribution in [3.63, 3.8) is 0 Å². The number of nitrogens with zero attached hydrogens (tertiary/aromatic N) is 4. The van der Waals surface area contributed by atoms with E-state index in [0.29, 0.717) is 28.6 Å². The molecule has 0 saturated carbocycles. The van der Waals surface area contributed by atoms with E-state index in [1.165, 1.54) is 0 Å². The lowest BCUT2D eigenvalue weighted by Crippen LogP contribution is -1.97. The highest BCUT2D eigenvalue weighted by Gasteiger charge is 2.11. The van der Waals surface area contributed by atoms with Crippen LogP contribution in [-0.4, -0.2) is 24.9 Å². The van der Waals surface area contributed by atoms with Gasteiger partial charge < -0.3 is 10.7 Å². The summed E-state index contributed by atoms with van der Waals surface area (Å²) in [6.07, 6.45) is 4.73. The number of nitrogens with one attached hydrogen (secondary N) is 1. The maximum absolute atomic E-state index is 5.96. The van der Waals surface area contributed by atoms with Crippen LogP contribution in [0.3, 0.4) is 0 Å². The van der Waals surface area contributed by atoms with E-state index in [1.807, 2.05) is 18.2 Å². The van der Waals surface area contributed by atoms with E-state index in [9.17, 15) is 0 Å². The van der Waals surface area contributed by atoms with Gasteiger partial charge in [0.05, 0.1) is 0 Å². The van der Waals surface area contributed by atoms with Crippen LogP contribution in [0.5, 0.6) is 0 Å². The maximum atomic E-state index is 5.96. The summed E-state index contributed by atoms with van der Waals surface area (Å²) >= 11 is 0. The molecule has 0 aliphatic carbocycles. The molecule has 0 aliphatic heterocycles. The molecule has 0 amide bonds. The molecule has 3 heterocycles. The third-order valence-electron chi connectivity index (χ3n) is 3.13. The number of nitrogen functional groups attached to an aromatic ring is 1. The van der Waals surface area contributed by atoms with Crippen molar-refractivity contribution in [3.8, 4) is 23.4 Å². The molecule has 0 saturated heterocycles. The predicted molar refractivity (Wildman–Crippen MR) is 85.7 cm³/mol. The Bertz CT molecular complexity index is 841. The molecular formula is C16H16N6.